The van der Waals surface area contributed by atoms with E-state index in [1.54, 1.807) is 0 Å². The number of carbonyl (C=O) groups excluding carboxylic acids is 1. The molecule has 3 unspecified atom stereocenters. The number of carbonyl (C=O) groups is 1. The molecule has 3 nitrogen and oxygen atoms in total. The zero-order chi connectivity index (χ0) is 10.7. The van der Waals surface area contributed by atoms with Crippen molar-refractivity contribution in [3.05, 3.63) is 0 Å². The fourth-order valence-corrected chi connectivity index (χ4v) is 3.83. The van der Waals surface area contributed by atoms with E-state index in [2.05, 4.69) is 0 Å². The Hall–Kier alpha value is -0.570. The number of hydrogen-bond donors (Lipinski definition) is 0. The molecule has 0 N–H and O–H groups in total. The maximum atomic E-state index is 11.7. The molecule has 3 rings (SSSR count). The topological polar surface area (TPSA) is 38.8 Å². The summed E-state index contributed by atoms with van der Waals surface area (Å²) in [5.41, 5.74) is -0.798. The number of ether oxygens (including phenoxy) is 2. The molecule has 3 atom stereocenters. The molecule has 0 aromatic carbocycles. The molecule has 1 spiro atoms. The Morgan fingerprint density at radius 2 is 1.93 bits per heavy atom. The van der Waals surface area contributed by atoms with E-state index in [0.717, 1.165) is 24.7 Å². The average molecular weight is 210 g/mol. The van der Waals surface area contributed by atoms with Gasteiger partial charge in [0, 0.05) is 0 Å². The second-order valence-electron chi connectivity index (χ2n) is 5.57. The van der Waals surface area contributed by atoms with Crippen LogP contribution in [-0.2, 0) is 14.3 Å². The molecule has 0 radical (unpaired) electrons. The number of hydrogen-bond acceptors (Lipinski definition) is 3. The molecule has 0 aromatic heterocycles. The van der Waals surface area contributed by atoms with E-state index < -0.39 is 5.60 Å². The van der Waals surface area contributed by atoms with Gasteiger partial charge in [0.15, 0.2) is 5.60 Å². The van der Waals surface area contributed by atoms with Crippen LogP contribution in [0.4, 0.5) is 0 Å². The molecule has 3 aliphatic rings. The summed E-state index contributed by atoms with van der Waals surface area (Å²) < 4.78 is 10.6. The van der Waals surface area contributed by atoms with Gasteiger partial charge in [0.25, 0.3) is 0 Å². The van der Waals surface area contributed by atoms with Crippen LogP contribution >= 0.6 is 0 Å². The second kappa shape index (κ2) is 2.76. The molecule has 0 aromatic rings. The first-order chi connectivity index (χ1) is 7.10. The summed E-state index contributed by atoms with van der Waals surface area (Å²) >= 11 is 0. The Bertz CT molecular complexity index is 300. The second-order valence-corrected chi connectivity index (χ2v) is 5.57. The van der Waals surface area contributed by atoms with Crippen LogP contribution in [0, 0.1) is 11.8 Å². The Labute approximate surface area is 90.1 Å². The van der Waals surface area contributed by atoms with Crippen LogP contribution in [0.1, 0.15) is 39.0 Å². The maximum Gasteiger partial charge on any atom is 0.340 e. The first-order valence-corrected chi connectivity index (χ1v) is 5.88. The molecular formula is C12H18O3. The molecule has 0 amide bonds. The first kappa shape index (κ1) is 9.64. The maximum absolute atomic E-state index is 11.7. The van der Waals surface area contributed by atoms with Crippen molar-refractivity contribution in [1.82, 2.24) is 0 Å². The van der Waals surface area contributed by atoms with Crippen LogP contribution in [0.2, 0.25) is 0 Å². The molecule has 2 saturated carbocycles. The summed E-state index contributed by atoms with van der Waals surface area (Å²) in [7, 11) is 1.44. The molecule has 15 heavy (non-hydrogen) atoms. The van der Waals surface area contributed by atoms with E-state index in [1.165, 1.54) is 26.4 Å². The predicted octanol–water partition coefficient (Wildman–Crippen LogP) is 1.90. The quantitative estimate of drug-likeness (QED) is 0.490. The molecule has 1 aliphatic heterocycles. The van der Waals surface area contributed by atoms with Gasteiger partial charge < -0.3 is 9.47 Å². The van der Waals surface area contributed by atoms with Gasteiger partial charge in [-0.2, -0.15) is 0 Å². The first-order valence-electron chi connectivity index (χ1n) is 5.88. The molecule has 2 bridgehead atoms. The summed E-state index contributed by atoms with van der Waals surface area (Å²) in [6.07, 6.45) is 6.13. The summed E-state index contributed by atoms with van der Waals surface area (Å²) in [6, 6.07) is 0. The lowest BCUT2D eigenvalue weighted by atomic mass is 9.75. The summed E-state index contributed by atoms with van der Waals surface area (Å²) in [6.45, 7) is 1.89. The predicted molar refractivity (Wildman–Crippen MR) is 54.3 cm³/mol. The highest BCUT2D eigenvalue weighted by molar-refractivity contribution is 5.84. The summed E-state index contributed by atoms with van der Waals surface area (Å²) in [5.74, 6) is 1.38. The SMILES string of the molecule is COC(=O)C1(C)OC12CC1CCC(C1)C2. The molecule has 3 fully saturated rings. The molecule has 2 aliphatic carbocycles. The van der Waals surface area contributed by atoms with E-state index in [1.807, 2.05) is 6.92 Å². The van der Waals surface area contributed by atoms with Gasteiger partial charge in [0.2, 0.25) is 0 Å². The van der Waals surface area contributed by atoms with Crippen LogP contribution in [0.15, 0.2) is 0 Å². The van der Waals surface area contributed by atoms with Crippen molar-refractivity contribution in [2.45, 2.75) is 50.2 Å². The zero-order valence-electron chi connectivity index (χ0n) is 9.41. The average Bonchev–Trinajstić information content (AvgIpc) is 2.60. The molecule has 1 saturated heterocycles. The van der Waals surface area contributed by atoms with Crippen molar-refractivity contribution in [2.24, 2.45) is 11.8 Å². The van der Waals surface area contributed by atoms with Gasteiger partial charge in [0.1, 0.15) is 5.60 Å². The van der Waals surface area contributed by atoms with Crippen molar-refractivity contribution in [3.8, 4) is 0 Å². The minimum absolute atomic E-state index is 0.163. The third kappa shape index (κ3) is 1.13. The lowest BCUT2D eigenvalue weighted by Crippen LogP contribution is -2.36. The highest BCUT2D eigenvalue weighted by Gasteiger charge is 2.74. The van der Waals surface area contributed by atoms with Gasteiger partial charge in [0.05, 0.1) is 7.11 Å². The van der Waals surface area contributed by atoms with Crippen LogP contribution in [-0.4, -0.2) is 24.3 Å². The van der Waals surface area contributed by atoms with Gasteiger partial charge in [-0.15, -0.1) is 0 Å². The number of esters is 1. The largest absolute Gasteiger partial charge is 0.467 e. The van der Waals surface area contributed by atoms with E-state index in [-0.39, 0.29) is 11.6 Å². The number of fused-ring (bicyclic) bond motifs is 2. The smallest absolute Gasteiger partial charge is 0.340 e. The van der Waals surface area contributed by atoms with Crippen molar-refractivity contribution in [3.63, 3.8) is 0 Å². The van der Waals surface area contributed by atoms with Crippen LogP contribution in [0.25, 0.3) is 0 Å². The van der Waals surface area contributed by atoms with Gasteiger partial charge in [-0.25, -0.2) is 4.79 Å². The zero-order valence-corrected chi connectivity index (χ0v) is 9.41. The summed E-state index contributed by atoms with van der Waals surface area (Å²) in [5, 5.41) is 0. The minimum atomic E-state index is -0.636. The van der Waals surface area contributed by atoms with Gasteiger partial charge in [-0.05, 0) is 38.0 Å². The third-order valence-electron chi connectivity index (χ3n) is 4.69. The molecule has 3 heteroatoms. The number of methoxy groups -OCH3 is 1. The van der Waals surface area contributed by atoms with Gasteiger partial charge in [-0.1, -0.05) is 12.8 Å². The minimum Gasteiger partial charge on any atom is -0.467 e. The van der Waals surface area contributed by atoms with Gasteiger partial charge in [-0.3, -0.25) is 0 Å². The van der Waals surface area contributed by atoms with E-state index in [4.69, 9.17) is 9.47 Å². The number of rotatable bonds is 1. The Kier molecular flexibility index (Phi) is 1.77. The fraction of sp³-hybridized carbons (Fsp3) is 0.917. The van der Waals surface area contributed by atoms with Crippen LogP contribution in [0.5, 0.6) is 0 Å². The van der Waals surface area contributed by atoms with E-state index >= 15 is 0 Å². The third-order valence-corrected chi connectivity index (χ3v) is 4.69. The van der Waals surface area contributed by atoms with Crippen LogP contribution < -0.4 is 0 Å². The normalized spacial score (nSPS) is 51.9. The number of epoxide rings is 1. The standard InChI is InChI=1S/C12H18O3/c1-11(10(13)14-2)12(15-11)6-8-3-4-9(5-8)7-12/h8-9H,3-7H2,1-2H3. The van der Waals surface area contributed by atoms with Crippen LogP contribution in [0.3, 0.4) is 0 Å². The lowest BCUT2D eigenvalue weighted by molar-refractivity contribution is -0.146. The Morgan fingerprint density at radius 3 is 2.47 bits per heavy atom. The van der Waals surface area contributed by atoms with Crippen molar-refractivity contribution in [2.75, 3.05) is 7.11 Å². The van der Waals surface area contributed by atoms with E-state index in [0.29, 0.717) is 0 Å². The van der Waals surface area contributed by atoms with Crippen molar-refractivity contribution < 1.29 is 14.3 Å². The van der Waals surface area contributed by atoms with Gasteiger partial charge >= 0.3 is 5.97 Å². The van der Waals surface area contributed by atoms with E-state index in [9.17, 15) is 4.79 Å². The molecular weight excluding hydrogens is 192 g/mol. The Morgan fingerprint density at radius 1 is 1.33 bits per heavy atom. The van der Waals surface area contributed by atoms with Crippen molar-refractivity contribution in [1.29, 1.82) is 0 Å². The molecule has 84 valence electrons. The molecule has 1 heterocycles. The lowest BCUT2D eigenvalue weighted by Gasteiger charge is -2.26. The Balaban J connectivity index is 1.81. The van der Waals surface area contributed by atoms with Crippen molar-refractivity contribution >= 4 is 5.97 Å². The highest BCUT2D eigenvalue weighted by atomic mass is 16.7. The highest BCUT2D eigenvalue weighted by Crippen LogP contribution is 2.62. The monoisotopic (exact) mass is 210 g/mol. The fourth-order valence-electron chi connectivity index (χ4n) is 3.83. The summed E-state index contributed by atoms with van der Waals surface area (Å²) in [4.78, 5) is 11.7.